The molecule has 1 aromatic heterocycles. The van der Waals surface area contributed by atoms with Crippen LogP contribution in [0.4, 0.5) is 0 Å². The van der Waals surface area contributed by atoms with Crippen molar-refractivity contribution in [3.63, 3.8) is 0 Å². The third kappa shape index (κ3) is 3.38. The smallest absolute Gasteiger partial charge is 0.142 e. The van der Waals surface area contributed by atoms with Crippen LogP contribution in [0.15, 0.2) is 54.2 Å². The molecule has 86 valence electrons. The quantitative estimate of drug-likeness (QED) is 0.595. The van der Waals surface area contributed by atoms with Gasteiger partial charge in [0.05, 0.1) is 5.71 Å². The van der Waals surface area contributed by atoms with E-state index < -0.39 is 0 Å². The summed E-state index contributed by atoms with van der Waals surface area (Å²) in [6.45, 7) is 2.33. The lowest BCUT2D eigenvalue weighted by atomic mass is 10.2. The lowest BCUT2D eigenvalue weighted by Gasteiger charge is -2.01. The summed E-state index contributed by atoms with van der Waals surface area (Å²) in [4.78, 5) is 13.1. The second kappa shape index (κ2) is 5.75. The van der Waals surface area contributed by atoms with Crippen LogP contribution in [0, 0.1) is 0 Å². The third-order valence-corrected chi connectivity index (χ3v) is 2.25. The fourth-order valence-electron chi connectivity index (χ4n) is 1.32. The Bertz CT molecular complexity index is 483. The van der Waals surface area contributed by atoms with E-state index in [0.29, 0.717) is 6.61 Å². The topological polar surface area (TPSA) is 47.4 Å². The Morgan fingerprint density at radius 1 is 1.18 bits per heavy atom. The van der Waals surface area contributed by atoms with Gasteiger partial charge in [-0.25, -0.2) is 9.97 Å². The summed E-state index contributed by atoms with van der Waals surface area (Å²) >= 11 is 0. The van der Waals surface area contributed by atoms with Gasteiger partial charge in [-0.05, 0) is 12.5 Å². The number of rotatable bonds is 4. The summed E-state index contributed by atoms with van der Waals surface area (Å²) in [5.41, 5.74) is 2.72. The Hall–Kier alpha value is -2.23. The van der Waals surface area contributed by atoms with Crippen LogP contribution in [0.2, 0.25) is 0 Å². The largest absolute Gasteiger partial charge is 0.391 e. The molecule has 0 aliphatic carbocycles. The second-order valence-corrected chi connectivity index (χ2v) is 3.56. The van der Waals surface area contributed by atoms with Crippen molar-refractivity contribution >= 4 is 5.71 Å². The van der Waals surface area contributed by atoms with E-state index in [4.69, 9.17) is 4.84 Å². The van der Waals surface area contributed by atoms with Crippen LogP contribution in [0.1, 0.15) is 18.1 Å². The first-order chi connectivity index (χ1) is 8.36. The molecular weight excluding hydrogens is 214 g/mol. The summed E-state index contributed by atoms with van der Waals surface area (Å²) in [7, 11) is 0. The zero-order chi connectivity index (χ0) is 11.9. The van der Waals surface area contributed by atoms with Crippen LogP contribution in [0.5, 0.6) is 0 Å². The van der Waals surface area contributed by atoms with Crippen LogP contribution < -0.4 is 0 Å². The Balaban J connectivity index is 1.93. The van der Waals surface area contributed by atoms with Crippen molar-refractivity contribution in [2.45, 2.75) is 13.5 Å². The second-order valence-electron chi connectivity index (χ2n) is 3.56. The fourth-order valence-corrected chi connectivity index (χ4v) is 1.32. The molecule has 0 unspecified atom stereocenters. The molecule has 0 saturated carbocycles. The number of hydrogen-bond donors (Lipinski definition) is 0. The molecule has 1 aromatic carbocycles. The first-order valence-corrected chi connectivity index (χ1v) is 5.32. The van der Waals surface area contributed by atoms with E-state index in [0.717, 1.165) is 16.8 Å². The molecule has 0 spiro atoms. The van der Waals surface area contributed by atoms with Gasteiger partial charge in [0.1, 0.15) is 12.9 Å². The molecule has 4 nitrogen and oxygen atoms in total. The van der Waals surface area contributed by atoms with Crippen LogP contribution in [-0.2, 0) is 11.4 Å². The predicted molar refractivity (Wildman–Crippen MR) is 65.5 cm³/mol. The predicted octanol–water partition coefficient (Wildman–Crippen LogP) is 2.42. The minimum absolute atomic E-state index is 0.464. The van der Waals surface area contributed by atoms with Gasteiger partial charge in [0.25, 0.3) is 0 Å². The lowest BCUT2D eigenvalue weighted by Crippen LogP contribution is -1.98. The third-order valence-electron chi connectivity index (χ3n) is 2.25. The first-order valence-electron chi connectivity index (χ1n) is 5.32. The van der Waals surface area contributed by atoms with Crippen LogP contribution in [-0.4, -0.2) is 15.7 Å². The molecule has 1 heterocycles. The monoisotopic (exact) mass is 227 g/mol. The van der Waals surface area contributed by atoms with Crippen LogP contribution in [0.25, 0.3) is 0 Å². The summed E-state index contributed by atoms with van der Waals surface area (Å²) in [6.07, 6.45) is 4.90. The van der Waals surface area contributed by atoms with E-state index in [1.807, 2.05) is 37.3 Å². The fraction of sp³-hybridized carbons (Fsp3) is 0.154. The lowest BCUT2D eigenvalue weighted by molar-refractivity contribution is 0.130. The summed E-state index contributed by atoms with van der Waals surface area (Å²) in [5.74, 6) is 0. The van der Waals surface area contributed by atoms with Gasteiger partial charge in [-0.15, -0.1) is 0 Å². The molecule has 0 atom stereocenters. The van der Waals surface area contributed by atoms with Crippen molar-refractivity contribution < 1.29 is 4.84 Å². The molecule has 0 saturated heterocycles. The van der Waals surface area contributed by atoms with Crippen LogP contribution in [0.3, 0.4) is 0 Å². The number of aromatic nitrogens is 2. The Morgan fingerprint density at radius 3 is 2.59 bits per heavy atom. The molecule has 0 aliphatic rings. The maximum absolute atomic E-state index is 5.27. The van der Waals surface area contributed by atoms with Gasteiger partial charge in [-0.1, -0.05) is 35.5 Å². The number of hydrogen-bond acceptors (Lipinski definition) is 4. The van der Waals surface area contributed by atoms with E-state index >= 15 is 0 Å². The first kappa shape index (κ1) is 11.3. The van der Waals surface area contributed by atoms with Crippen molar-refractivity contribution in [2.24, 2.45) is 5.16 Å². The maximum atomic E-state index is 5.27. The minimum Gasteiger partial charge on any atom is -0.391 e. The average molecular weight is 227 g/mol. The van der Waals surface area contributed by atoms with E-state index in [2.05, 4.69) is 15.1 Å². The maximum Gasteiger partial charge on any atom is 0.142 e. The normalized spacial score (nSPS) is 11.2. The van der Waals surface area contributed by atoms with E-state index in [-0.39, 0.29) is 0 Å². The van der Waals surface area contributed by atoms with Crippen molar-refractivity contribution in [1.29, 1.82) is 0 Å². The highest BCUT2D eigenvalue weighted by molar-refractivity contribution is 5.97. The van der Waals surface area contributed by atoms with Gasteiger partial charge >= 0.3 is 0 Å². The SMILES string of the molecule is C/C(=N\OCc1ccccc1)c1cncnc1. The molecule has 2 rings (SSSR count). The molecule has 0 radical (unpaired) electrons. The molecule has 0 amide bonds. The summed E-state index contributed by atoms with van der Waals surface area (Å²) < 4.78 is 0. The standard InChI is InChI=1S/C13H13N3O/c1-11(13-7-14-10-15-8-13)16-17-9-12-5-3-2-4-6-12/h2-8,10H,9H2,1H3/b16-11+. The molecule has 2 aromatic rings. The number of nitrogens with zero attached hydrogens (tertiary/aromatic N) is 3. The Kier molecular flexibility index (Phi) is 3.81. The van der Waals surface area contributed by atoms with Crippen molar-refractivity contribution in [2.75, 3.05) is 0 Å². The van der Waals surface area contributed by atoms with Gasteiger partial charge in [-0.3, -0.25) is 0 Å². The zero-order valence-electron chi connectivity index (χ0n) is 9.58. The Morgan fingerprint density at radius 2 is 1.88 bits per heavy atom. The molecular formula is C13H13N3O. The summed E-state index contributed by atoms with van der Waals surface area (Å²) in [5, 5.41) is 4.03. The molecule has 0 bridgehead atoms. The van der Waals surface area contributed by atoms with E-state index in [9.17, 15) is 0 Å². The molecule has 17 heavy (non-hydrogen) atoms. The average Bonchev–Trinajstić information content (AvgIpc) is 2.41. The van der Waals surface area contributed by atoms with Crippen LogP contribution >= 0.6 is 0 Å². The van der Waals surface area contributed by atoms with Gasteiger partial charge in [0.15, 0.2) is 0 Å². The highest BCUT2D eigenvalue weighted by Gasteiger charge is 1.97. The van der Waals surface area contributed by atoms with Crippen molar-refractivity contribution in [3.05, 3.63) is 60.2 Å². The zero-order valence-corrected chi connectivity index (χ0v) is 9.58. The highest BCUT2D eigenvalue weighted by atomic mass is 16.6. The summed E-state index contributed by atoms with van der Waals surface area (Å²) in [6, 6.07) is 9.91. The number of benzene rings is 1. The highest BCUT2D eigenvalue weighted by Crippen LogP contribution is 2.02. The van der Waals surface area contributed by atoms with E-state index in [1.165, 1.54) is 6.33 Å². The van der Waals surface area contributed by atoms with Crippen molar-refractivity contribution in [1.82, 2.24) is 9.97 Å². The Labute approximate surface area is 100.0 Å². The van der Waals surface area contributed by atoms with Gasteiger partial charge in [-0.2, -0.15) is 0 Å². The van der Waals surface area contributed by atoms with Gasteiger partial charge in [0.2, 0.25) is 0 Å². The van der Waals surface area contributed by atoms with Crippen molar-refractivity contribution in [3.8, 4) is 0 Å². The molecule has 0 N–H and O–H groups in total. The molecule has 0 aliphatic heterocycles. The van der Waals surface area contributed by atoms with E-state index in [1.54, 1.807) is 12.4 Å². The van der Waals surface area contributed by atoms with Gasteiger partial charge < -0.3 is 4.84 Å². The number of oxime groups is 1. The molecule has 0 fully saturated rings. The molecule has 4 heteroatoms. The minimum atomic E-state index is 0.464. The van der Waals surface area contributed by atoms with Gasteiger partial charge in [0, 0.05) is 18.0 Å².